The van der Waals surface area contributed by atoms with Gasteiger partial charge in [-0.3, -0.25) is 0 Å². The number of methoxy groups -OCH3 is 1. The van der Waals surface area contributed by atoms with Gasteiger partial charge in [-0.2, -0.15) is 0 Å². The molecule has 2 nitrogen and oxygen atoms in total. The molecule has 1 N–H and O–H groups in total. The zero-order valence-electron chi connectivity index (χ0n) is 8.71. The van der Waals surface area contributed by atoms with Gasteiger partial charge in [0.05, 0.1) is 7.11 Å². The Balaban J connectivity index is 2.81. The molecule has 0 unspecified atom stereocenters. The van der Waals surface area contributed by atoms with E-state index in [0.29, 0.717) is 5.75 Å². The Morgan fingerprint density at radius 3 is 2.79 bits per heavy atom. The second-order valence-corrected chi connectivity index (χ2v) is 3.43. The fourth-order valence-corrected chi connectivity index (χ4v) is 1.28. The van der Waals surface area contributed by atoms with Gasteiger partial charge < -0.3 is 9.84 Å². The predicted molar refractivity (Wildman–Crippen MR) is 57.8 cm³/mol. The van der Waals surface area contributed by atoms with E-state index in [2.05, 4.69) is 6.58 Å². The molecule has 0 radical (unpaired) electrons. The molecule has 14 heavy (non-hydrogen) atoms. The van der Waals surface area contributed by atoms with Gasteiger partial charge in [0.2, 0.25) is 0 Å². The number of allylic oxidation sites excluding steroid dienone is 1. The summed E-state index contributed by atoms with van der Waals surface area (Å²) < 4.78 is 5.02. The highest BCUT2D eigenvalue weighted by Gasteiger charge is 2.06. The van der Waals surface area contributed by atoms with Gasteiger partial charge in [0.1, 0.15) is 0 Å². The molecule has 0 fully saturated rings. The van der Waals surface area contributed by atoms with Crippen molar-refractivity contribution in [1.29, 1.82) is 0 Å². The monoisotopic (exact) mass is 192 g/mol. The number of rotatable bonds is 4. The molecule has 0 saturated heterocycles. The standard InChI is InChI=1S/C12H16O2/c1-9(2)7-8-10-5-4-6-11(14-3)12(10)13/h4-6,13H,1,7-8H2,2-3H3. The number of aryl methyl sites for hydroxylation is 1. The summed E-state index contributed by atoms with van der Waals surface area (Å²) in [5.74, 6) is 0.778. The molecule has 0 aliphatic carbocycles. The van der Waals surface area contributed by atoms with Crippen LogP contribution in [0.1, 0.15) is 18.9 Å². The Bertz CT molecular complexity index is 329. The zero-order valence-corrected chi connectivity index (χ0v) is 8.71. The van der Waals surface area contributed by atoms with Crippen molar-refractivity contribution in [2.45, 2.75) is 19.8 Å². The van der Waals surface area contributed by atoms with Gasteiger partial charge in [-0.1, -0.05) is 17.7 Å². The quantitative estimate of drug-likeness (QED) is 0.743. The van der Waals surface area contributed by atoms with Crippen LogP contribution in [0.2, 0.25) is 0 Å². The number of benzene rings is 1. The van der Waals surface area contributed by atoms with Crippen LogP contribution in [0.15, 0.2) is 30.4 Å². The molecule has 0 aliphatic heterocycles. The van der Waals surface area contributed by atoms with E-state index in [1.807, 2.05) is 19.1 Å². The molecule has 2 heteroatoms. The van der Waals surface area contributed by atoms with Gasteiger partial charge in [-0.25, -0.2) is 0 Å². The first-order valence-corrected chi connectivity index (χ1v) is 4.64. The number of ether oxygens (including phenoxy) is 1. The minimum atomic E-state index is 0.247. The summed E-state index contributed by atoms with van der Waals surface area (Å²) >= 11 is 0. The molecule has 1 rings (SSSR count). The van der Waals surface area contributed by atoms with Gasteiger partial charge in [0.15, 0.2) is 11.5 Å². The largest absolute Gasteiger partial charge is 0.504 e. The van der Waals surface area contributed by atoms with E-state index in [1.165, 1.54) is 0 Å². The van der Waals surface area contributed by atoms with Crippen LogP contribution in [0.4, 0.5) is 0 Å². The average Bonchev–Trinajstić information content (AvgIpc) is 2.16. The third-order valence-corrected chi connectivity index (χ3v) is 2.12. The van der Waals surface area contributed by atoms with E-state index in [9.17, 15) is 5.11 Å². The maximum Gasteiger partial charge on any atom is 0.160 e. The van der Waals surface area contributed by atoms with Crippen LogP contribution in [0.25, 0.3) is 0 Å². The lowest BCUT2D eigenvalue weighted by Gasteiger charge is -2.08. The Hall–Kier alpha value is -1.44. The first kappa shape index (κ1) is 10.6. The third kappa shape index (κ3) is 2.52. The van der Waals surface area contributed by atoms with Gasteiger partial charge in [-0.05, 0) is 31.4 Å². The van der Waals surface area contributed by atoms with Crippen molar-refractivity contribution in [2.24, 2.45) is 0 Å². The van der Waals surface area contributed by atoms with E-state index in [1.54, 1.807) is 13.2 Å². The summed E-state index contributed by atoms with van der Waals surface area (Å²) in [6.07, 6.45) is 1.69. The fraction of sp³-hybridized carbons (Fsp3) is 0.333. The zero-order chi connectivity index (χ0) is 10.6. The first-order valence-electron chi connectivity index (χ1n) is 4.64. The summed E-state index contributed by atoms with van der Waals surface area (Å²) in [6.45, 7) is 5.81. The summed E-state index contributed by atoms with van der Waals surface area (Å²) in [6, 6.07) is 5.53. The van der Waals surface area contributed by atoms with Crippen molar-refractivity contribution < 1.29 is 9.84 Å². The molecule has 0 bridgehead atoms. The van der Waals surface area contributed by atoms with Crippen LogP contribution in [0, 0.1) is 0 Å². The molecular weight excluding hydrogens is 176 g/mol. The van der Waals surface area contributed by atoms with E-state index in [-0.39, 0.29) is 5.75 Å². The number of phenolic OH excluding ortho intramolecular Hbond substituents is 1. The van der Waals surface area contributed by atoms with Crippen molar-refractivity contribution in [3.05, 3.63) is 35.9 Å². The number of para-hydroxylation sites is 1. The highest BCUT2D eigenvalue weighted by atomic mass is 16.5. The van der Waals surface area contributed by atoms with Crippen LogP contribution in [-0.2, 0) is 6.42 Å². The van der Waals surface area contributed by atoms with Crippen molar-refractivity contribution in [3.8, 4) is 11.5 Å². The lowest BCUT2D eigenvalue weighted by atomic mass is 10.1. The normalized spacial score (nSPS) is 9.86. The molecule has 0 amide bonds. The van der Waals surface area contributed by atoms with Crippen LogP contribution < -0.4 is 4.74 Å². The van der Waals surface area contributed by atoms with E-state index in [0.717, 1.165) is 24.0 Å². The van der Waals surface area contributed by atoms with Gasteiger partial charge in [0, 0.05) is 0 Å². The van der Waals surface area contributed by atoms with Crippen molar-refractivity contribution in [2.75, 3.05) is 7.11 Å². The smallest absolute Gasteiger partial charge is 0.160 e. The highest BCUT2D eigenvalue weighted by Crippen LogP contribution is 2.30. The van der Waals surface area contributed by atoms with Gasteiger partial charge in [-0.15, -0.1) is 6.58 Å². The van der Waals surface area contributed by atoms with Crippen LogP contribution in [0.3, 0.4) is 0 Å². The molecule has 0 spiro atoms. The minimum absolute atomic E-state index is 0.247. The second kappa shape index (κ2) is 4.70. The third-order valence-electron chi connectivity index (χ3n) is 2.12. The molecule has 0 saturated carbocycles. The second-order valence-electron chi connectivity index (χ2n) is 3.43. The predicted octanol–water partition coefficient (Wildman–Crippen LogP) is 2.91. The summed E-state index contributed by atoms with van der Waals surface area (Å²) in [4.78, 5) is 0. The number of phenols is 1. The minimum Gasteiger partial charge on any atom is -0.504 e. The molecule has 76 valence electrons. The van der Waals surface area contributed by atoms with Crippen molar-refractivity contribution in [3.63, 3.8) is 0 Å². The molecule has 0 heterocycles. The molecule has 1 aromatic carbocycles. The van der Waals surface area contributed by atoms with Gasteiger partial charge in [0.25, 0.3) is 0 Å². The molecule has 0 atom stereocenters. The van der Waals surface area contributed by atoms with Crippen molar-refractivity contribution >= 4 is 0 Å². The van der Waals surface area contributed by atoms with E-state index < -0.39 is 0 Å². The fourth-order valence-electron chi connectivity index (χ4n) is 1.28. The number of hydrogen-bond donors (Lipinski definition) is 1. The molecular formula is C12H16O2. The lowest BCUT2D eigenvalue weighted by Crippen LogP contribution is -1.90. The van der Waals surface area contributed by atoms with Gasteiger partial charge >= 0.3 is 0 Å². The summed E-state index contributed by atoms with van der Waals surface area (Å²) in [7, 11) is 1.55. The first-order chi connectivity index (χ1) is 6.65. The number of aromatic hydroxyl groups is 1. The molecule has 1 aromatic rings. The maximum atomic E-state index is 9.75. The highest BCUT2D eigenvalue weighted by molar-refractivity contribution is 5.45. The average molecular weight is 192 g/mol. The summed E-state index contributed by atoms with van der Waals surface area (Å²) in [5, 5.41) is 9.75. The van der Waals surface area contributed by atoms with Crippen LogP contribution >= 0.6 is 0 Å². The van der Waals surface area contributed by atoms with Crippen molar-refractivity contribution in [1.82, 2.24) is 0 Å². The Kier molecular flexibility index (Phi) is 3.57. The number of hydrogen-bond acceptors (Lipinski definition) is 2. The van der Waals surface area contributed by atoms with Crippen LogP contribution in [0.5, 0.6) is 11.5 Å². The Labute approximate surface area is 84.8 Å². The topological polar surface area (TPSA) is 29.5 Å². The van der Waals surface area contributed by atoms with E-state index in [4.69, 9.17) is 4.74 Å². The van der Waals surface area contributed by atoms with E-state index >= 15 is 0 Å². The van der Waals surface area contributed by atoms with Crippen LogP contribution in [-0.4, -0.2) is 12.2 Å². The lowest BCUT2D eigenvalue weighted by molar-refractivity contribution is 0.370. The molecule has 0 aliphatic rings. The maximum absolute atomic E-state index is 9.75. The SMILES string of the molecule is C=C(C)CCc1cccc(OC)c1O. The summed E-state index contributed by atoms with van der Waals surface area (Å²) in [5.41, 5.74) is 2.03. The Morgan fingerprint density at radius 2 is 2.21 bits per heavy atom. The Morgan fingerprint density at radius 1 is 1.50 bits per heavy atom. The molecule has 0 aromatic heterocycles.